The maximum absolute atomic E-state index is 11.4. The molecule has 0 unspecified atom stereocenters. The highest BCUT2D eigenvalue weighted by Crippen LogP contribution is 2.23. The lowest BCUT2D eigenvalue weighted by Gasteiger charge is -2.06. The molecule has 0 saturated carbocycles. The first-order chi connectivity index (χ1) is 6.20. The van der Waals surface area contributed by atoms with E-state index in [1.807, 2.05) is 0 Å². The van der Waals surface area contributed by atoms with E-state index in [0.717, 1.165) is 0 Å². The highest BCUT2D eigenvalue weighted by Gasteiger charge is 2.11. The molecule has 70 valence electrons. The molecule has 2 nitrogen and oxygen atoms in total. The molecule has 1 aromatic rings. The molecule has 0 aromatic heterocycles. The van der Waals surface area contributed by atoms with Crippen LogP contribution in [0.2, 0.25) is 0 Å². The first-order valence-corrected chi connectivity index (χ1v) is 4.64. The lowest BCUT2D eigenvalue weighted by atomic mass is 10.0. The average molecular weight is 199 g/mol. The third-order valence-corrected chi connectivity index (χ3v) is 2.17. The van der Waals surface area contributed by atoms with Crippen LogP contribution < -0.4 is 0 Å². The van der Waals surface area contributed by atoms with E-state index in [4.69, 9.17) is 11.6 Å². The fraction of sp³-hybridized carbons (Fsp3) is 0.300. The van der Waals surface area contributed by atoms with Gasteiger partial charge in [0.15, 0.2) is 5.78 Å². The molecule has 0 saturated heterocycles. The van der Waals surface area contributed by atoms with Crippen molar-refractivity contribution in [2.75, 3.05) is 0 Å². The Bertz CT molecular complexity index is 321. The Kier molecular flexibility index (Phi) is 3.32. The molecular weight excluding hydrogens is 188 g/mol. The number of aromatic hydroxyl groups is 1. The number of phenolic OH excluding ortho intramolecular Hbond substituents is 1. The molecule has 0 bridgehead atoms. The molecule has 1 N–H and O–H groups in total. The van der Waals surface area contributed by atoms with E-state index in [9.17, 15) is 9.90 Å². The van der Waals surface area contributed by atoms with Gasteiger partial charge in [-0.05, 0) is 6.07 Å². The topological polar surface area (TPSA) is 37.3 Å². The van der Waals surface area contributed by atoms with Crippen molar-refractivity contribution < 1.29 is 9.90 Å². The Morgan fingerprint density at radius 2 is 2.23 bits per heavy atom. The second-order valence-corrected chi connectivity index (χ2v) is 2.98. The van der Waals surface area contributed by atoms with Gasteiger partial charge in [0.2, 0.25) is 0 Å². The zero-order valence-corrected chi connectivity index (χ0v) is 8.14. The summed E-state index contributed by atoms with van der Waals surface area (Å²) in [5.74, 6) is 0.258. The predicted molar refractivity (Wildman–Crippen MR) is 52.3 cm³/mol. The molecule has 0 amide bonds. The van der Waals surface area contributed by atoms with Crippen LogP contribution in [0.4, 0.5) is 0 Å². The normalized spacial score (nSPS) is 10.0. The van der Waals surface area contributed by atoms with Gasteiger partial charge in [0.1, 0.15) is 5.75 Å². The Morgan fingerprint density at radius 3 is 2.77 bits per heavy atom. The van der Waals surface area contributed by atoms with Crippen molar-refractivity contribution in [1.82, 2.24) is 0 Å². The average Bonchev–Trinajstić information content (AvgIpc) is 2.16. The highest BCUT2D eigenvalue weighted by molar-refractivity contribution is 6.18. The molecule has 0 radical (unpaired) electrons. The van der Waals surface area contributed by atoms with E-state index in [-0.39, 0.29) is 17.4 Å². The highest BCUT2D eigenvalue weighted by atomic mass is 35.5. The van der Waals surface area contributed by atoms with E-state index in [1.54, 1.807) is 19.1 Å². The molecule has 0 heterocycles. The van der Waals surface area contributed by atoms with Crippen molar-refractivity contribution in [3.8, 4) is 5.75 Å². The summed E-state index contributed by atoms with van der Waals surface area (Å²) in [7, 11) is 0. The molecule has 1 aromatic carbocycles. The number of hydrogen-bond acceptors (Lipinski definition) is 2. The molecular formula is C10H11ClO2. The van der Waals surface area contributed by atoms with Crippen LogP contribution in [0.5, 0.6) is 5.75 Å². The summed E-state index contributed by atoms with van der Waals surface area (Å²) in [4.78, 5) is 11.4. The quantitative estimate of drug-likeness (QED) is 0.599. The molecule has 1 rings (SSSR count). The number of halogens is 1. The minimum absolute atomic E-state index is 0.00606. The van der Waals surface area contributed by atoms with E-state index in [2.05, 4.69) is 0 Å². The molecule has 0 aliphatic carbocycles. The summed E-state index contributed by atoms with van der Waals surface area (Å²) >= 11 is 5.63. The van der Waals surface area contributed by atoms with Crippen molar-refractivity contribution in [3.63, 3.8) is 0 Å². The number of rotatable bonds is 3. The number of alkyl halides is 1. The predicted octanol–water partition coefficient (Wildman–Crippen LogP) is 2.72. The van der Waals surface area contributed by atoms with Crippen LogP contribution in [0.15, 0.2) is 18.2 Å². The van der Waals surface area contributed by atoms with Gasteiger partial charge in [-0.1, -0.05) is 19.1 Å². The van der Waals surface area contributed by atoms with Crippen LogP contribution in [-0.2, 0) is 5.88 Å². The standard InChI is InChI=1S/C10H11ClO2/c1-2-9(12)7-4-3-5-10(13)8(7)6-11/h3-5,13H,2,6H2,1H3. The van der Waals surface area contributed by atoms with E-state index >= 15 is 0 Å². The van der Waals surface area contributed by atoms with E-state index < -0.39 is 0 Å². The lowest BCUT2D eigenvalue weighted by Crippen LogP contribution is -2.00. The third kappa shape index (κ3) is 2.01. The van der Waals surface area contributed by atoms with Crippen molar-refractivity contribution in [2.24, 2.45) is 0 Å². The second-order valence-electron chi connectivity index (χ2n) is 2.71. The van der Waals surface area contributed by atoms with Gasteiger partial charge in [-0.15, -0.1) is 11.6 Å². The van der Waals surface area contributed by atoms with Crippen molar-refractivity contribution in [3.05, 3.63) is 29.3 Å². The third-order valence-electron chi connectivity index (χ3n) is 1.91. The lowest BCUT2D eigenvalue weighted by molar-refractivity contribution is 0.0987. The molecule has 0 aliphatic rings. The summed E-state index contributed by atoms with van der Waals surface area (Å²) in [5.41, 5.74) is 1.05. The molecule has 0 fully saturated rings. The Balaban J connectivity index is 3.20. The van der Waals surface area contributed by atoms with Gasteiger partial charge in [-0.3, -0.25) is 4.79 Å². The van der Waals surface area contributed by atoms with Crippen molar-refractivity contribution in [1.29, 1.82) is 0 Å². The number of carbonyl (C=O) groups excluding carboxylic acids is 1. The van der Waals surface area contributed by atoms with Crippen molar-refractivity contribution >= 4 is 17.4 Å². The first-order valence-electron chi connectivity index (χ1n) is 4.10. The fourth-order valence-electron chi connectivity index (χ4n) is 1.17. The summed E-state index contributed by atoms with van der Waals surface area (Å²) in [6, 6.07) is 4.86. The summed E-state index contributed by atoms with van der Waals surface area (Å²) in [6.45, 7) is 1.78. The smallest absolute Gasteiger partial charge is 0.163 e. The maximum Gasteiger partial charge on any atom is 0.163 e. The monoisotopic (exact) mass is 198 g/mol. The summed E-state index contributed by atoms with van der Waals surface area (Å²) < 4.78 is 0. The SMILES string of the molecule is CCC(=O)c1cccc(O)c1CCl. The number of benzene rings is 1. The van der Waals surface area contributed by atoms with Gasteiger partial charge < -0.3 is 5.11 Å². The number of carbonyl (C=O) groups is 1. The Labute approximate surface area is 82.2 Å². The largest absolute Gasteiger partial charge is 0.508 e. The van der Waals surface area contributed by atoms with Crippen molar-refractivity contribution in [2.45, 2.75) is 19.2 Å². The second kappa shape index (κ2) is 4.28. The Morgan fingerprint density at radius 1 is 1.54 bits per heavy atom. The first kappa shape index (κ1) is 10.1. The molecule has 0 atom stereocenters. The van der Waals surface area contributed by atoms with Gasteiger partial charge in [-0.25, -0.2) is 0 Å². The van der Waals surface area contributed by atoms with Crippen LogP contribution in [0.25, 0.3) is 0 Å². The maximum atomic E-state index is 11.4. The van der Waals surface area contributed by atoms with Crippen LogP contribution in [0.1, 0.15) is 29.3 Å². The minimum atomic E-state index is 0.00606. The van der Waals surface area contributed by atoms with Gasteiger partial charge in [0.25, 0.3) is 0 Å². The summed E-state index contributed by atoms with van der Waals surface area (Å²) in [6.07, 6.45) is 0.424. The molecule has 3 heteroatoms. The van der Waals surface area contributed by atoms with Crippen LogP contribution in [0.3, 0.4) is 0 Å². The van der Waals surface area contributed by atoms with E-state index in [1.165, 1.54) is 6.07 Å². The zero-order chi connectivity index (χ0) is 9.84. The van der Waals surface area contributed by atoms with E-state index in [0.29, 0.717) is 17.5 Å². The fourth-order valence-corrected chi connectivity index (χ4v) is 1.45. The van der Waals surface area contributed by atoms with Gasteiger partial charge >= 0.3 is 0 Å². The van der Waals surface area contributed by atoms with Gasteiger partial charge in [0.05, 0.1) is 5.88 Å². The summed E-state index contributed by atoms with van der Waals surface area (Å²) in [5, 5.41) is 9.40. The van der Waals surface area contributed by atoms with Gasteiger partial charge in [0, 0.05) is 17.5 Å². The van der Waals surface area contributed by atoms with Crippen LogP contribution >= 0.6 is 11.6 Å². The number of phenols is 1. The zero-order valence-electron chi connectivity index (χ0n) is 7.38. The number of ketones is 1. The van der Waals surface area contributed by atoms with Gasteiger partial charge in [-0.2, -0.15) is 0 Å². The minimum Gasteiger partial charge on any atom is -0.508 e. The van der Waals surface area contributed by atoms with Crippen LogP contribution in [-0.4, -0.2) is 10.9 Å². The molecule has 0 spiro atoms. The Hall–Kier alpha value is -1.02. The number of Topliss-reactive ketones (excluding diaryl/α,β-unsaturated/α-hetero) is 1. The van der Waals surface area contributed by atoms with Crippen LogP contribution in [0, 0.1) is 0 Å². The molecule has 0 aliphatic heterocycles. The molecule has 13 heavy (non-hydrogen) atoms. The number of hydrogen-bond donors (Lipinski definition) is 1.